The predicted octanol–water partition coefficient (Wildman–Crippen LogP) is 3.62. The van der Waals surface area contributed by atoms with Crippen LogP contribution in [0.2, 0.25) is 0 Å². The standard InChI is InChI=1S/C10H14BrNO/c11-6-9-10(13-7-12-9)8-4-2-1-3-5-8/h7-8H,1-6H2. The molecule has 1 fully saturated rings. The van der Waals surface area contributed by atoms with Crippen molar-refractivity contribution in [1.82, 2.24) is 4.98 Å². The van der Waals surface area contributed by atoms with E-state index in [1.54, 1.807) is 6.39 Å². The third kappa shape index (κ3) is 1.96. The zero-order valence-electron chi connectivity index (χ0n) is 7.63. The van der Waals surface area contributed by atoms with Gasteiger partial charge in [-0.3, -0.25) is 0 Å². The summed E-state index contributed by atoms with van der Waals surface area (Å²) < 4.78 is 5.45. The second-order valence-corrected chi connectivity index (χ2v) is 4.19. The lowest BCUT2D eigenvalue weighted by atomic mass is 9.87. The molecule has 1 heterocycles. The smallest absolute Gasteiger partial charge is 0.181 e. The summed E-state index contributed by atoms with van der Waals surface area (Å²) in [5.41, 5.74) is 1.09. The SMILES string of the molecule is BrCc1ncoc1C1CCCCC1. The molecule has 3 heteroatoms. The molecule has 0 aromatic carbocycles. The molecule has 0 aliphatic heterocycles. The molecular formula is C10H14BrNO. The van der Waals surface area contributed by atoms with Crippen molar-refractivity contribution in [2.24, 2.45) is 0 Å². The molecule has 13 heavy (non-hydrogen) atoms. The summed E-state index contributed by atoms with van der Waals surface area (Å²) in [6.07, 6.45) is 8.18. The Bertz CT molecular complexity index is 266. The summed E-state index contributed by atoms with van der Waals surface area (Å²) in [6, 6.07) is 0. The fraction of sp³-hybridized carbons (Fsp3) is 0.700. The molecule has 0 bridgehead atoms. The van der Waals surface area contributed by atoms with Gasteiger partial charge < -0.3 is 4.42 Å². The molecule has 2 rings (SSSR count). The molecule has 1 aliphatic rings. The number of hydrogen-bond donors (Lipinski definition) is 0. The number of halogens is 1. The second kappa shape index (κ2) is 4.27. The quantitative estimate of drug-likeness (QED) is 0.742. The lowest BCUT2D eigenvalue weighted by Gasteiger charge is -2.19. The Labute approximate surface area is 86.9 Å². The van der Waals surface area contributed by atoms with Crippen LogP contribution in [0.5, 0.6) is 0 Å². The van der Waals surface area contributed by atoms with E-state index in [9.17, 15) is 0 Å². The van der Waals surface area contributed by atoms with Crippen molar-refractivity contribution in [3.8, 4) is 0 Å². The second-order valence-electron chi connectivity index (χ2n) is 3.63. The number of nitrogens with zero attached hydrogens (tertiary/aromatic N) is 1. The predicted molar refractivity (Wildman–Crippen MR) is 55.0 cm³/mol. The first-order chi connectivity index (χ1) is 6.42. The van der Waals surface area contributed by atoms with Gasteiger partial charge in [0, 0.05) is 11.2 Å². The summed E-state index contributed by atoms with van der Waals surface area (Å²) in [4.78, 5) is 4.20. The summed E-state index contributed by atoms with van der Waals surface area (Å²) in [5, 5.41) is 0.815. The molecule has 0 radical (unpaired) electrons. The third-order valence-electron chi connectivity index (χ3n) is 2.78. The van der Waals surface area contributed by atoms with E-state index in [0.29, 0.717) is 5.92 Å². The van der Waals surface area contributed by atoms with Crippen LogP contribution in [0.25, 0.3) is 0 Å². The fourth-order valence-electron chi connectivity index (χ4n) is 2.08. The van der Waals surface area contributed by atoms with E-state index in [-0.39, 0.29) is 0 Å². The summed E-state index contributed by atoms with van der Waals surface area (Å²) in [7, 11) is 0. The summed E-state index contributed by atoms with van der Waals surface area (Å²) in [5.74, 6) is 1.75. The van der Waals surface area contributed by atoms with Crippen molar-refractivity contribution in [3.63, 3.8) is 0 Å². The van der Waals surface area contributed by atoms with Crippen molar-refractivity contribution in [1.29, 1.82) is 0 Å². The molecule has 0 atom stereocenters. The Morgan fingerprint density at radius 3 is 2.85 bits per heavy atom. The van der Waals surface area contributed by atoms with Crippen molar-refractivity contribution in [2.75, 3.05) is 0 Å². The molecule has 0 spiro atoms. The Morgan fingerprint density at radius 2 is 2.15 bits per heavy atom. The summed E-state index contributed by atoms with van der Waals surface area (Å²) in [6.45, 7) is 0. The van der Waals surface area contributed by atoms with E-state index >= 15 is 0 Å². The minimum absolute atomic E-state index is 0.629. The third-order valence-corrected chi connectivity index (χ3v) is 3.31. The average Bonchev–Trinajstić information content (AvgIpc) is 2.67. The Kier molecular flexibility index (Phi) is 3.04. The highest BCUT2D eigenvalue weighted by atomic mass is 79.9. The van der Waals surface area contributed by atoms with E-state index in [2.05, 4.69) is 20.9 Å². The van der Waals surface area contributed by atoms with Crippen molar-refractivity contribution < 1.29 is 4.42 Å². The first-order valence-corrected chi connectivity index (χ1v) is 6.02. The van der Waals surface area contributed by atoms with Gasteiger partial charge >= 0.3 is 0 Å². The molecule has 0 saturated heterocycles. The van der Waals surface area contributed by atoms with Crippen LogP contribution >= 0.6 is 15.9 Å². The average molecular weight is 244 g/mol. The maximum Gasteiger partial charge on any atom is 0.181 e. The zero-order chi connectivity index (χ0) is 9.10. The molecule has 1 aromatic heterocycles. The van der Waals surface area contributed by atoms with Gasteiger partial charge in [0.25, 0.3) is 0 Å². The molecular weight excluding hydrogens is 230 g/mol. The van der Waals surface area contributed by atoms with E-state index in [1.165, 1.54) is 32.1 Å². The molecule has 1 saturated carbocycles. The van der Waals surface area contributed by atoms with Crippen LogP contribution in [0.1, 0.15) is 49.5 Å². The fourth-order valence-corrected chi connectivity index (χ4v) is 2.50. The number of hydrogen-bond acceptors (Lipinski definition) is 2. The van der Waals surface area contributed by atoms with Gasteiger partial charge in [0.15, 0.2) is 6.39 Å². The molecule has 0 unspecified atom stereocenters. The largest absolute Gasteiger partial charge is 0.448 e. The first-order valence-electron chi connectivity index (χ1n) is 4.90. The minimum Gasteiger partial charge on any atom is -0.448 e. The Balaban J connectivity index is 2.13. The molecule has 1 aliphatic carbocycles. The van der Waals surface area contributed by atoms with Gasteiger partial charge in [-0.25, -0.2) is 4.98 Å². The number of alkyl halides is 1. The van der Waals surface area contributed by atoms with Gasteiger partial charge in [-0.05, 0) is 12.8 Å². The number of oxazole rings is 1. The molecule has 0 N–H and O–H groups in total. The van der Waals surface area contributed by atoms with Crippen molar-refractivity contribution in [2.45, 2.75) is 43.4 Å². The van der Waals surface area contributed by atoms with Crippen LogP contribution in [0, 0.1) is 0 Å². The van der Waals surface area contributed by atoms with Gasteiger partial charge in [0.1, 0.15) is 5.76 Å². The van der Waals surface area contributed by atoms with Gasteiger partial charge in [0.2, 0.25) is 0 Å². The van der Waals surface area contributed by atoms with Crippen molar-refractivity contribution in [3.05, 3.63) is 17.8 Å². The van der Waals surface area contributed by atoms with E-state index < -0.39 is 0 Å². The van der Waals surface area contributed by atoms with Crippen LogP contribution in [0.15, 0.2) is 10.8 Å². The zero-order valence-corrected chi connectivity index (χ0v) is 9.22. The van der Waals surface area contributed by atoms with Gasteiger partial charge in [0.05, 0.1) is 5.69 Å². The lowest BCUT2D eigenvalue weighted by Crippen LogP contribution is -2.05. The van der Waals surface area contributed by atoms with Crippen LogP contribution in [-0.2, 0) is 5.33 Å². The number of aromatic nitrogens is 1. The monoisotopic (exact) mass is 243 g/mol. The maximum absolute atomic E-state index is 5.45. The molecule has 2 nitrogen and oxygen atoms in total. The highest BCUT2D eigenvalue weighted by molar-refractivity contribution is 9.08. The molecule has 1 aromatic rings. The maximum atomic E-state index is 5.45. The minimum atomic E-state index is 0.629. The van der Waals surface area contributed by atoms with Crippen LogP contribution in [-0.4, -0.2) is 4.98 Å². The Hall–Kier alpha value is -0.310. The first kappa shape index (κ1) is 9.25. The van der Waals surface area contributed by atoms with Gasteiger partial charge in [-0.2, -0.15) is 0 Å². The Morgan fingerprint density at radius 1 is 1.38 bits per heavy atom. The number of rotatable bonds is 2. The van der Waals surface area contributed by atoms with Crippen LogP contribution < -0.4 is 0 Å². The van der Waals surface area contributed by atoms with Crippen molar-refractivity contribution >= 4 is 15.9 Å². The van der Waals surface area contributed by atoms with E-state index in [1.807, 2.05) is 0 Å². The lowest BCUT2D eigenvalue weighted by molar-refractivity contribution is 0.372. The van der Waals surface area contributed by atoms with Gasteiger partial charge in [-0.15, -0.1) is 0 Å². The highest BCUT2D eigenvalue weighted by Gasteiger charge is 2.21. The molecule has 0 amide bonds. The van der Waals surface area contributed by atoms with Crippen LogP contribution in [0.4, 0.5) is 0 Å². The van der Waals surface area contributed by atoms with Gasteiger partial charge in [-0.1, -0.05) is 35.2 Å². The summed E-state index contributed by atoms with van der Waals surface area (Å²) >= 11 is 3.43. The topological polar surface area (TPSA) is 26.0 Å². The normalized spacial score (nSPS) is 19.2. The van der Waals surface area contributed by atoms with Crippen LogP contribution in [0.3, 0.4) is 0 Å². The van der Waals surface area contributed by atoms with E-state index in [0.717, 1.165) is 16.8 Å². The molecule has 72 valence electrons. The highest BCUT2D eigenvalue weighted by Crippen LogP contribution is 2.34. The van der Waals surface area contributed by atoms with E-state index in [4.69, 9.17) is 4.42 Å².